The number of nitrogens with zero attached hydrogens (tertiary/aromatic N) is 2. The molecule has 158 valence electrons. The zero-order valence-corrected chi connectivity index (χ0v) is 18.1. The van der Waals surface area contributed by atoms with Crippen molar-refractivity contribution in [2.24, 2.45) is 11.3 Å². The summed E-state index contributed by atoms with van der Waals surface area (Å²) in [5, 5.41) is 0. The molecule has 4 nitrogen and oxygen atoms in total. The second-order valence-corrected chi connectivity index (χ2v) is 9.46. The van der Waals surface area contributed by atoms with Gasteiger partial charge in [-0.3, -0.25) is 0 Å². The minimum atomic E-state index is -0.362. The Morgan fingerprint density at radius 2 is 1.93 bits per heavy atom. The van der Waals surface area contributed by atoms with Crippen LogP contribution in [0.2, 0.25) is 0 Å². The van der Waals surface area contributed by atoms with Crippen LogP contribution in [-0.2, 0) is 11.2 Å². The molecule has 1 aliphatic carbocycles. The Morgan fingerprint density at radius 1 is 1.20 bits per heavy atom. The van der Waals surface area contributed by atoms with Crippen molar-refractivity contribution in [3.63, 3.8) is 0 Å². The van der Waals surface area contributed by atoms with E-state index in [1.807, 2.05) is 30.3 Å². The summed E-state index contributed by atoms with van der Waals surface area (Å²) >= 11 is 0. The Kier molecular flexibility index (Phi) is 5.39. The molecule has 2 aromatic carbocycles. The molecule has 1 aromatic heterocycles. The number of rotatable bonds is 4. The maximum absolute atomic E-state index is 13.4. The molecule has 4 rings (SSSR count). The zero-order chi connectivity index (χ0) is 21.5. The van der Waals surface area contributed by atoms with Crippen LogP contribution < -0.4 is 0 Å². The lowest BCUT2D eigenvalue weighted by Crippen LogP contribution is -2.30. The topological polar surface area (TPSA) is 44.1 Å². The van der Waals surface area contributed by atoms with Gasteiger partial charge in [0.05, 0.1) is 23.7 Å². The van der Waals surface area contributed by atoms with E-state index >= 15 is 0 Å². The van der Waals surface area contributed by atoms with Crippen LogP contribution in [0.5, 0.6) is 0 Å². The third-order valence-corrected chi connectivity index (χ3v) is 6.19. The molecule has 1 aliphatic rings. The number of ether oxygens (including phenoxy) is 1. The van der Waals surface area contributed by atoms with E-state index in [4.69, 9.17) is 9.72 Å². The van der Waals surface area contributed by atoms with Crippen LogP contribution in [-0.4, -0.2) is 22.6 Å². The van der Waals surface area contributed by atoms with Crippen LogP contribution in [0.25, 0.3) is 11.0 Å². The molecular formula is C25H29FN2O2. The SMILES string of the molecule is COC(=O)c1ccc2c(c1)nc(Cc1ccc(F)cc1)n2[C@@H]1C[C@H](C)CC(C)(C)C1. The van der Waals surface area contributed by atoms with Crippen LogP contribution in [0.15, 0.2) is 42.5 Å². The molecule has 0 bridgehead atoms. The standard InChI is InChI=1S/C25H29FN2O2/c1-16-11-20(15-25(2,3)14-16)28-22-10-7-18(24(29)30-4)13-21(22)27-23(28)12-17-5-8-19(26)9-6-17/h5-10,13,16,20H,11-12,14-15H2,1-4H3/t16-,20+/m0/s1. The molecule has 5 heteroatoms. The molecule has 0 unspecified atom stereocenters. The maximum atomic E-state index is 13.4. The molecule has 0 N–H and O–H groups in total. The second kappa shape index (κ2) is 7.86. The average Bonchev–Trinajstić information content (AvgIpc) is 3.04. The van der Waals surface area contributed by atoms with Crippen molar-refractivity contribution >= 4 is 17.0 Å². The summed E-state index contributed by atoms with van der Waals surface area (Å²) in [5.74, 6) is 0.981. The smallest absolute Gasteiger partial charge is 0.337 e. The Balaban J connectivity index is 1.82. The summed E-state index contributed by atoms with van der Waals surface area (Å²) in [4.78, 5) is 16.9. The molecule has 2 atom stereocenters. The predicted octanol–water partition coefficient (Wildman–Crippen LogP) is 5.94. The quantitative estimate of drug-likeness (QED) is 0.502. The summed E-state index contributed by atoms with van der Waals surface area (Å²) < 4.78 is 20.6. The van der Waals surface area contributed by atoms with E-state index in [1.54, 1.807) is 0 Å². The summed E-state index contributed by atoms with van der Waals surface area (Å²) in [6.07, 6.45) is 4.02. The number of carbonyl (C=O) groups is 1. The highest BCUT2D eigenvalue weighted by Gasteiger charge is 2.34. The van der Waals surface area contributed by atoms with Crippen LogP contribution >= 0.6 is 0 Å². The van der Waals surface area contributed by atoms with Gasteiger partial charge in [0, 0.05) is 12.5 Å². The molecular weight excluding hydrogens is 379 g/mol. The van der Waals surface area contributed by atoms with Gasteiger partial charge >= 0.3 is 5.97 Å². The van der Waals surface area contributed by atoms with Crippen molar-refractivity contribution in [3.05, 3.63) is 65.2 Å². The number of hydrogen-bond donors (Lipinski definition) is 0. The van der Waals surface area contributed by atoms with Gasteiger partial charge in [-0.15, -0.1) is 0 Å². The van der Waals surface area contributed by atoms with Crippen molar-refractivity contribution in [1.29, 1.82) is 0 Å². The van der Waals surface area contributed by atoms with Gasteiger partial charge in [0.1, 0.15) is 11.6 Å². The predicted molar refractivity (Wildman–Crippen MR) is 116 cm³/mol. The minimum Gasteiger partial charge on any atom is -0.465 e. The fraction of sp³-hybridized carbons (Fsp3) is 0.440. The van der Waals surface area contributed by atoms with E-state index in [0.717, 1.165) is 35.3 Å². The molecule has 0 amide bonds. The molecule has 30 heavy (non-hydrogen) atoms. The first-order valence-corrected chi connectivity index (χ1v) is 10.6. The fourth-order valence-corrected chi connectivity index (χ4v) is 5.20. The fourth-order valence-electron chi connectivity index (χ4n) is 5.20. The van der Waals surface area contributed by atoms with Crippen LogP contribution in [0.3, 0.4) is 0 Å². The largest absolute Gasteiger partial charge is 0.465 e. The lowest BCUT2D eigenvalue weighted by atomic mass is 9.70. The number of esters is 1. The van der Waals surface area contributed by atoms with Gasteiger partial charge < -0.3 is 9.30 Å². The summed E-state index contributed by atoms with van der Waals surface area (Å²) in [5.41, 5.74) is 3.61. The number of aromatic nitrogens is 2. The van der Waals surface area contributed by atoms with Crippen LogP contribution in [0.1, 0.15) is 67.8 Å². The van der Waals surface area contributed by atoms with E-state index in [1.165, 1.54) is 25.7 Å². The van der Waals surface area contributed by atoms with Gasteiger partial charge in [-0.1, -0.05) is 32.9 Å². The number of carbonyl (C=O) groups excluding carboxylic acids is 1. The Morgan fingerprint density at radius 3 is 2.60 bits per heavy atom. The maximum Gasteiger partial charge on any atom is 0.337 e. The van der Waals surface area contributed by atoms with Crippen molar-refractivity contribution in [1.82, 2.24) is 9.55 Å². The van der Waals surface area contributed by atoms with Gasteiger partial charge in [0.25, 0.3) is 0 Å². The van der Waals surface area contributed by atoms with E-state index in [2.05, 4.69) is 25.3 Å². The first-order valence-electron chi connectivity index (χ1n) is 10.6. The van der Waals surface area contributed by atoms with Gasteiger partial charge in [-0.25, -0.2) is 14.2 Å². The van der Waals surface area contributed by atoms with Gasteiger partial charge in [0.2, 0.25) is 0 Å². The van der Waals surface area contributed by atoms with Crippen molar-refractivity contribution < 1.29 is 13.9 Å². The number of fused-ring (bicyclic) bond motifs is 1. The number of benzene rings is 2. The van der Waals surface area contributed by atoms with Gasteiger partial charge in [-0.05, 0) is 66.5 Å². The summed E-state index contributed by atoms with van der Waals surface area (Å²) in [7, 11) is 1.39. The Hall–Kier alpha value is -2.69. The normalized spacial score (nSPS) is 21.0. The number of hydrogen-bond acceptors (Lipinski definition) is 3. The molecule has 1 saturated carbocycles. The molecule has 0 spiro atoms. The second-order valence-electron chi connectivity index (χ2n) is 9.46. The van der Waals surface area contributed by atoms with Crippen LogP contribution in [0, 0.1) is 17.2 Å². The molecule has 1 heterocycles. The Labute approximate surface area is 177 Å². The Bertz CT molecular complexity index is 1070. The highest BCUT2D eigenvalue weighted by atomic mass is 19.1. The minimum absolute atomic E-state index is 0.238. The molecule has 1 fully saturated rings. The average molecular weight is 409 g/mol. The first-order chi connectivity index (χ1) is 14.3. The summed E-state index contributed by atoms with van der Waals surface area (Å²) in [6.45, 7) is 7.00. The monoisotopic (exact) mass is 408 g/mol. The zero-order valence-electron chi connectivity index (χ0n) is 18.1. The summed E-state index contributed by atoms with van der Waals surface area (Å²) in [6, 6.07) is 12.5. The van der Waals surface area contributed by atoms with E-state index < -0.39 is 0 Å². The molecule has 0 saturated heterocycles. The first kappa shape index (κ1) is 20.6. The van der Waals surface area contributed by atoms with E-state index in [9.17, 15) is 9.18 Å². The highest BCUT2D eigenvalue weighted by molar-refractivity contribution is 5.93. The van der Waals surface area contributed by atoms with Crippen LogP contribution in [0.4, 0.5) is 4.39 Å². The molecule has 3 aromatic rings. The lowest BCUT2D eigenvalue weighted by Gasteiger charge is -2.40. The van der Waals surface area contributed by atoms with Crippen molar-refractivity contribution in [2.75, 3.05) is 7.11 Å². The van der Waals surface area contributed by atoms with E-state index in [0.29, 0.717) is 23.9 Å². The van der Waals surface area contributed by atoms with Gasteiger partial charge in [0.15, 0.2) is 0 Å². The lowest BCUT2D eigenvalue weighted by molar-refractivity contribution is 0.0601. The number of imidazole rings is 1. The highest BCUT2D eigenvalue weighted by Crippen LogP contribution is 2.45. The third-order valence-electron chi connectivity index (χ3n) is 6.19. The third kappa shape index (κ3) is 4.11. The number of halogens is 1. The molecule has 0 radical (unpaired) electrons. The van der Waals surface area contributed by atoms with Crippen molar-refractivity contribution in [3.8, 4) is 0 Å². The molecule has 0 aliphatic heterocycles. The van der Waals surface area contributed by atoms with Gasteiger partial charge in [-0.2, -0.15) is 0 Å². The van der Waals surface area contributed by atoms with E-state index in [-0.39, 0.29) is 17.2 Å². The number of methoxy groups -OCH3 is 1. The van der Waals surface area contributed by atoms with Crippen molar-refractivity contribution in [2.45, 2.75) is 52.5 Å².